The van der Waals surface area contributed by atoms with Crippen LogP contribution >= 0.6 is 11.3 Å². The van der Waals surface area contributed by atoms with Crippen molar-refractivity contribution in [3.63, 3.8) is 0 Å². The lowest BCUT2D eigenvalue weighted by Gasteiger charge is -2.12. The van der Waals surface area contributed by atoms with Crippen LogP contribution in [0.25, 0.3) is 10.2 Å². The standard InChI is InChI=1S/C23H21N3O4S2/c1-14-12-15(2)21-20(13-14)24-23(31-21)25-22(27)18-6-4-5-7-19(18)26-32(28,29)17-10-8-16(30-3)9-11-17/h4-13,26H,1-3H3,(H,24,25,27). The van der Waals surface area contributed by atoms with Crippen LogP contribution in [0.3, 0.4) is 0 Å². The maximum absolute atomic E-state index is 13.0. The van der Waals surface area contributed by atoms with Gasteiger partial charge in [0.1, 0.15) is 5.75 Å². The molecule has 3 aromatic carbocycles. The van der Waals surface area contributed by atoms with Crippen LogP contribution in [0.5, 0.6) is 5.75 Å². The molecule has 0 fully saturated rings. The zero-order valence-corrected chi connectivity index (χ0v) is 19.3. The number of fused-ring (bicyclic) bond motifs is 1. The van der Waals surface area contributed by atoms with Gasteiger partial charge in [0.05, 0.1) is 33.5 Å². The number of aryl methyl sites for hydroxylation is 2. The van der Waals surface area contributed by atoms with Gasteiger partial charge in [-0.15, -0.1) is 0 Å². The molecule has 32 heavy (non-hydrogen) atoms. The largest absolute Gasteiger partial charge is 0.497 e. The highest BCUT2D eigenvalue weighted by molar-refractivity contribution is 7.92. The summed E-state index contributed by atoms with van der Waals surface area (Å²) in [6, 6.07) is 16.5. The van der Waals surface area contributed by atoms with Gasteiger partial charge in [-0.05, 0) is 67.4 Å². The molecule has 1 heterocycles. The number of aromatic nitrogens is 1. The van der Waals surface area contributed by atoms with E-state index in [1.54, 1.807) is 36.4 Å². The molecule has 1 aromatic heterocycles. The number of sulfonamides is 1. The van der Waals surface area contributed by atoms with E-state index >= 15 is 0 Å². The fraction of sp³-hybridized carbons (Fsp3) is 0.130. The minimum Gasteiger partial charge on any atom is -0.497 e. The Bertz CT molecular complexity index is 1410. The highest BCUT2D eigenvalue weighted by atomic mass is 32.2. The second-order valence-electron chi connectivity index (χ2n) is 7.23. The van der Waals surface area contributed by atoms with E-state index in [1.165, 1.54) is 30.6 Å². The molecule has 0 bridgehead atoms. The Hall–Kier alpha value is -3.43. The maximum Gasteiger partial charge on any atom is 0.261 e. The monoisotopic (exact) mass is 467 g/mol. The summed E-state index contributed by atoms with van der Waals surface area (Å²) >= 11 is 1.38. The predicted molar refractivity (Wildman–Crippen MR) is 127 cm³/mol. The number of hydrogen-bond acceptors (Lipinski definition) is 6. The first-order valence-corrected chi connectivity index (χ1v) is 12.0. The number of para-hydroxylation sites is 1. The van der Waals surface area contributed by atoms with Crippen molar-refractivity contribution in [3.05, 3.63) is 77.4 Å². The number of benzene rings is 3. The van der Waals surface area contributed by atoms with E-state index < -0.39 is 15.9 Å². The minimum absolute atomic E-state index is 0.0607. The Kier molecular flexibility index (Phi) is 5.86. The fourth-order valence-corrected chi connectivity index (χ4v) is 5.31. The molecule has 0 saturated heterocycles. The Morgan fingerprint density at radius 3 is 2.47 bits per heavy atom. The number of nitrogens with one attached hydrogen (secondary N) is 2. The van der Waals surface area contributed by atoms with Crippen LogP contribution in [0.1, 0.15) is 21.5 Å². The number of ether oxygens (including phenoxy) is 1. The van der Waals surface area contributed by atoms with Crippen molar-refractivity contribution in [2.24, 2.45) is 0 Å². The Labute approximate surface area is 190 Å². The molecule has 0 aliphatic rings. The summed E-state index contributed by atoms with van der Waals surface area (Å²) in [4.78, 5) is 17.5. The van der Waals surface area contributed by atoms with Gasteiger partial charge in [-0.2, -0.15) is 0 Å². The number of nitrogens with zero attached hydrogens (tertiary/aromatic N) is 1. The quantitative estimate of drug-likeness (QED) is 0.417. The molecule has 0 aliphatic carbocycles. The van der Waals surface area contributed by atoms with Gasteiger partial charge in [-0.3, -0.25) is 14.8 Å². The zero-order valence-electron chi connectivity index (χ0n) is 17.7. The van der Waals surface area contributed by atoms with Gasteiger partial charge in [0.15, 0.2) is 5.13 Å². The topological polar surface area (TPSA) is 97.4 Å². The van der Waals surface area contributed by atoms with E-state index in [4.69, 9.17) is 4.74 Å². The molecule has 2 N–H and O–H groups in total. The van der Waals surface area contributed by atoms with Gasteiger partial charge in [0.2, 0.25) is 0 Å². The number of hydrogen-bond donors (Lipinski definition) is 2. The molecule has 0 radical (unpaired) electrons. The lowest BCUT2D eigenvalue weighted by molar-refractivity contribution is 0.102. The van der Waals surface area contributed by atoms with Crippen molar-refractivity contribution in [1.82, 2.24) is 4.98 Å². The molecule has 4 aromatic rings. The van der Waals surface area contributed by atoms with Gasteiger partial charge in [0.25, 0.3) is 15.9 Å². The maximum atomic E-state index is 13.0. The van der Waals surface area contributed by atoms with Crippen molar-refractivity contribution < 1.29 is 17.9 Å². The number of methoxy groups -OCH3 is 1. The van der Waals surface area contributed by atoms with E-state index in [-0.39, 0.29) is 16.1 Å². The SMILES string of the molecule is COc1ccc(S(=O)(=O)Nc2ccccc2C(=O)Nc2nc3cc(C)cc(C)c3s2)cc1. The third-order valence-corrected chi connectivity index (χ3v) is 7.33. The normalized spacial score (nSPS) is 11.3. The summed E-state index contributed by atoms with van der Waals surface area (Å²) in [5, 5.41) is 3.24. The molecule has 1 amide bonds. The molecule has 0 saturated carbocycles. The first-order valence-electron chi connectivity index (χ1n) is 9.72. The Morgan fingerprint density at radius 1 is 1.03 bits per heavy atom. The molecular formula is C23H21N3O4S2. The van der Waals surface area contributed by atoms with Crippen LogP contribution in [0.15, 0.2) is 65.6 Å². The van der Waals surface area contributed by atoms with Crippen LogP contribution in [0.4, 0.5) is 10.8 Å². The average molecular weight is 468 g/mol. The van der Waals surface area contributed by atoms with Crippen LogP contribution in [-0.2, 0) is 10.0 Å². The van der Waals surface area contributed by atoms with Gasteiger partial charge in [-0.1, -0.05) is 29.5 Å². The van der Waals surface area contributed by atoms with E-state index in [2.05, 4.69) is 21.1 Å². The molecule has 0 unspecified atom stereocenters. The van der Waals surface area contributed by atoms with Crippen LogP contribution in [0.2, 0.25) is 0 Å². The van der Waals surface area contributed by atoms with Gasteiger partial charge >= 0.3 is 0 Å². The lowest BCUT2D eigenvalue weighted by atomic mass is 10.1. The predicted octanol–water partition coefficient (Wildman–Crippen LogP) is 4.97. The van der Waals surface area contributed by atoms with Crippen molar-refractivity contribution in [1.29, 1.82) is 0 Å². The van der Waals surface area contributed by atoms with Crippen molar-refractivity contribution in [2.45, 2.75) is 18.7 Å². The number of anilines is 2. The van der Waals surface area contributed by atoms with Crippen LogP contribution in [0, 0.1) is 13.8 Å². The molecule has 9 heteroatoms. The number of amides is 1. The summed E-state index contributed by atoms with van der Waals surface area (Å²) in [5.74, 6) is 0.0939. The highest BCUT2D eigenvalue weighted by Crippen LogP contribution is 2.30. The second-order valence-corrected chi connectivity index (χ2v) is 9.91. The van der Waals surface area contributed by atoms with Gasteiger partial charge in [-0.25, -0.2) is 13.4 Å². The Balaban J connectivity index is 1.60. The summed E-state index contributed by atoms with van der Waals surface area (Å²) in [6.07, 6.45) is 0. The fourth-order valence-electron chi connectivity index (χ4n) is 3.32. The first kappa shape index (κ1) is 21.8. The third kappa shape index (κ3) is 4.44. The first-order chi connectivity index (χ1) is 15.3. The van der Waals surface area contributed by atoms with Crippen molar-refractivity contribution in [2.75, 3.05) is 17.1 Å². The summed E-state index contributed by atoms with van der Waals surface area (Å²) in [6.45, 7) is 4.00. The molecule has 0 atom stereocenters. The van der Waals surface area contributed by atoms with E-state index in [9.17, 15) is 13.2 Å². The summed E-state index contributed by atoms with van der Waals surface area (Å²) in [5.41, 5.74) is 3.36. The molecular weight excluding hydrogens is 446 g/mol. The smallest absolute Gasteiger partial charge is 0.261 e. The zero-order chi connectivity index (χ0) is 22.9. The number of rotatable bonds is 6. The van der Waals surface area contributed by atoms with Crippen LogP contribution < -0.4 is 14.8 Å². The lowest BCUT2D eigenvalue weighted by Crippen LogP contribution is -2.18. The number of thiazole rings is 1. The van der Waals surface area contributed by atoms with Crippen molar-refractivity contribution >= 4 is 48.3 Å². The van der Waals surface area contributed by atoms with Gasteiger partial charge < -0.3 is 4.74 Å². The van der Waals surface area contributed by atoms with Crippen LogP contribution in [-0.4, -0.2) is 26.4 Å². The number of carbonyl (C=O) groups is 1. The van der Waals surface area contributed by atoms with Crippen molar-refractivity contribution in [3.8, 4) is 5.75 Å². The minimum atomic E-state index is -3.90. The molecule has 7 nitrogen and oxygen atoms in total. The third-order valence-electron chi connectivity index (χ3n) is 4.83. The molecule has 164 valence electrons. The average Bonchev–Trinajstić information content (AvgIpc) is 3.16. The van der Waals surface area contributed by atoms with E-state index in [0.29, 0.717) is 10.9 Å². The second kappa shape index (κ2) is 8.60. The summed E-state index contributed by atoms with van der Waals surface area (Å²) in [7, 11) is -2.39. The van der Waals surface area contributed by atoms with E-state index in [0.717, 1.165) is 21.3 Å². The number of carbonyl (C=O) groups excluding carboxylic acids is 1. The summed E-state index contributed by atoms with van der Waals surface area (Å²) < 4.78 is 34.2. The van der Waals surface area contributed by atoms with Gasteiger partial charge in [0, 0.05) is 0 Å². The molecule has 4 rings (SSSR count). The molecule has 0 spiro atoms. The highest BCUT2D eigenvalue weighted by Gasteiger charge is 2.20. The Morgan fingerprint density at radius 2 is 1.75 bits per heavy atom. The van der Waals surface area contributed by atoms with E-state index in [1.807, 2.05) is 19.9 Å². The molecule has 0 aliphatic heterocycles.